The Morgan fingerprint density at radius 2 is 1.64 bits per heavy atom. The number of nitrogens with zero attached hydrogens (tertiary/aromatic N) is 1. The van der Waals surface area contributed by atoms with Crippen LogP contribution in [0, 0.1) is 0 Å². The molecular weight excluding hydrogens is 472 g/mol. The normalized spacial score (nSPS) is 13.8. The number of ether oxygens (including phenoxy) is 2. The highest BCUT2D eigenvalue weighted by Crippen LogP contribution is 2.29. The predicted octanol–water partition coefficient (Wildman–Crippen LogP) is 2.31. The number of nitrogens with one attached hydrogen (secondary N) is 1. The van der Waals surface area contributed by atoms with Crippen molar-refractivity contribution in [2.45, 2.75) is 4.90 Å². The predicted molar refractivity (Wildman–Crippen MR) is 123 cm³/mol. The number of benzene rings is 2. The average molecular weight is 495 g/mol. The van der Waals surface area contributed by atoms with Gasteiger partial charge in [-0.15, -0.1) is 0 Å². The van der Waals surface area contributed by atoms with Crippen molar-refractivity contribution < 1.29 is 37.4 Å². The number of carbonyl (C=O) groups is 3. The van der Waals surface area contributed by atoms with Crippen LogP contribution in [0.3, 0.4) is 0 Å². The fraction of sp³-hybridized carbons (Fsp3) is 0.286. The quantitative estimate of drug-likeness (QED) is 0.551. The molecule has 33 heavy (non-hydrogen) atoms. The van der Waals surface area contributed by atoms with Crippen molar-refractivity contribution in [3.63, 3.8) is 0 Å². The van der Waals surface area contributed by atoms with Crippen LogP contribution in [0.15, 0.2) is 41.3 Å². The smallest absolute Gasteiger partial charge is 0.339 e. The molecule has 12 heteroatoms. The second-order valence-corrected chi connectivity index (χ2v) is 9.81. The average Bonchev–Trinajstić information content (AvgIpc) is 2.82. The lowest BCUT2D eigenvalue weighted by molar-refractivity contribution is 0.0583. The van der Waals surface area contributed by atoms with Gasteiger partial charge in [-0.1, -0.05) is 0 Å². The van der Waals surface area contributed by atoms with Crippen LogP contribution in [0.4, 0.5) is 11.4 Å². The number of hydrogen-bond acceptors (Lipinski definition) is 9. The van der Waals surface area contributed by atoms with Crippen molar-refractivity contribution in [1.29, 1.82) is 0 Å². The lowest BCUT2D eigenvalue weighted by Gasteiger charge is -2.29. The SMILES string of the molecule is COC(=O)c1ccc(C(=O)OC)c(S(=O)(=O)Nc2ccc(N3CCSCC3)c(C(=O)O)c2)c1. The van der Waals surface area contributed by atoms with E-state index < -0.39 is 32.8 Å². The first-order valence-electron chi connectivity index (χ1n) is 9.71. The van der Waals surface area contributed by atoms with Crippen LogP contribution in [0.1, 0.15) is 31.1 Å². The van der Waals surface area contributed by atoms with Crippen LogP contribution in [-0.4, -0.2) is 70.2 Å². The monoisotopic (exact) mass is 494 g/mol. The molecule has 1 heterocycles. The molecular formula is C21H22N2O8S2. The van der Waals surface area contributed by atoms with Crippen molar-refractivity contribution in [3.05, 3.63) is 53.1 Å². The van der Waals surface area contributed by atoms with Crippen molar-refractivity contribution >= 4 is 51.1 Å². The van der Waals surface area contributed by atoms with Crippen molar-refractivity contribution in [2.24, 2.45) is 0 Å². The molecule has 0 spiro atoms. The fourth-order valence-corrected chi connectivity index (χ4v) is 5.50. The molecule has 0 bridgehead atoms. The fourth-order valence-electron chi connectivity index (χ4n) is 3.33. The van der Waals surface area contributed by atoms with E-state index in [4.69, 9.17) is 0 Å². The molecule has 0 unspecified atom stereocenters. The second-order valence-electron chi connectivity index (χ2n) is 6.94. The molecule has 0 aliphatic carbocycles. The topological polar surface area (TPSA) is 139 Å². The number of methoxy groups -OCH3 is 2. The lowest BCUT2D eigenvalue weighted by atomic mass is 10.1. The molecule has 0 aromatic heterocycles. The Labute approximate surface area is 194 Å². The van der Waals surface area contributed by atoms with Crippen LogP contribution in [0.25, 0.3) is 0 Å². The summed E-state index contributed by atoms with van der Waals surface area (Å²) in [5.41, 5.74) is 0.0442. The largest absolute Gasteiger partial charge is 0.478 e. The molecule has 1 aliphatic heterocycles. The van der Waals surface area contributed by atoms with E-state index in [2.05, 4.69) is 14.2 Å². The molecule has 1 saturated heterocycles. The summed E-state index contributed by atoms with van der Waals surface area (Å²) in [5, 5.41) is 9.69. The number of anilines is 2. The molecule has 176 valence electrons. The van der Waals surface area contributed by atoms with Gasteiger partial charge in [-0.25, -0.2) is 22.8 Å². The summed E-state index contributed by atoms with van der Waals surface area (Å²) in [5.74, 6) is -1.19. The molecule has 0 radical (unpaired) electrons. The summed E-state index contributed by atoms with van der Waals surface area (Å²) in [6, 6.07) is 7.60. The van der Waals surface area contributed by atoms with Crippen LogP contribution in [-0.2, 0) is 19.5 Å². The minimum Gasteiger partial charge on any atom is -0.478 e. The number of carboxylic acid groups (broad SMARTS) is 1. The van der Waals surface area contributed by atoms with Gasteiger partial charge in [0.25, 0.3) is 10.0 Å². The van der Waals surface area contributed by atoms with Crippen LogP contribution < -0.4 is 9.62 Å². The summed E-state index contributed by atoms with van der Waals surface area (Å²) < 4.78 is 37.8. The van der Waals surface area contributed by atoms with Gasteiger partial charge in [-0.3, -0.25) is 4.72 Å². The number of esters is 2. The Kier molecular flexibility index (Phi) is 7.49. The Hall–Kier alpha value is -3.25. The molecule has 1 fully saturated rings. The van der Waals surface area contributed by atoms with Gasteiger partial charge < -0.3 is 19.5 Å². The first-order valence-corrected chi connectivity index (χ1v) is 12.3. The Morgan fingerprint density at radius 3 is 2.24 bits per heavy atom. The molecule has 3 rings (SSSR count). The third kappa shape index (κ3) is 5.40. The summed E-state index contributed by atoms with van der Waals surface area (Å²) in [6.45, 7) is 1.36. The summed E-state index contributed by atoms with van der Waals surface area (Å²) in [6.07, 6.45) is 0. The van der Waals surface area contributed by atoms with Crippen LogP contribution in [0.2, 0.25) is 0 Å². The van der Waals surface area contributed by atoms with Gasteiger partial charge in [0.15, 0.2) is 0 Å². The van der Waals surface area contributed by atoms with Gasteiger partial charge in [-0.05, 0) is 36.4 Å². The number of thioether (sulfide) groups is 1. The lowest BCUT2D eigenvalue weighted by Crippen LogP contribution is -2.33. The molecule has 1 aliphatic rings. The van der Waals surface area contributed by atoms with E-state index in [0.29, 0.717) is 18.8 Å². The number of carboxylic acids is 1. The van der Waals surface area contributed by atoms with E-state index in [1.54, 1.807) is 17.8 Å². The highest BCUT2D eigenvalue weighted by molar-refractivity contribution is 7.99. The first kappa shape index (κ1) is 24.4. The van der Waals surface area contributed by atoms with E-state index in [1.165, 1.54) is 18.2 Å². The Bertz CT molecular complexity index is 1190. The maximum atomic E-state index is 13.1. The zero-order valence-electron chi connectivity index (χ0n) is 17.9. The molecule has 0 atom stereocenters. The van der Waals surface area contributed by atoms with Crippen molar-refractivity contribution in [3.8, 4) is 0 Å². The molecule has 0 amide bonds. The van der Waals surface area contributed by atoms with E-state index >= 15 is 0 Å². The number of aromatic carboxylic acids is 1. The third-order valence-corrected chi connectivity index (χ3v) is 7.29. The summed E-state index contributed by atoms with van der Waals surface area (Å²) >= 11 is 1.77. The maximum Gasteiger partial charge on any atom is 0.339 e. The zero-order chi connectivity index (χ0) is 24.2. The Morgan fingerprint density at radius 1 is 0.970 bits per heavy atom. The number of hydrogen-bond donors (Lipinski definition) is 2. The standard InChI is InChI=1S/C21H22N2O8S2/c1-30-20(26)13-3-5-15(21(27)31-2)18(11-13)33(28,29)22-14-4-6-17(16(12-14)19(24)25)23-7-9-32-10-8-23/h3-6,11-12,22H,7-10H2,1-2H3,(H,24,25). The molecule has 0 saturated carbocycles. The maximum absolute atomic E-state index is 13.1. The van der Waals surface area contributed by atoms with Crippen molar-refractivity contribution in [1.82, 2.24) is 0 Å². The highest BCUT2D eigenvalue weighted by atomic mass is 32.2. The highest BCUT2D eigenvalue weighted by Gasteiger charge is 2.26. The molecule has 2 aromatic rings. The van der Waals surface area contributed by atoms with Crippen molar-refractivity contribution in [2.75, 3.05) is 48.4 Å². The second kappa shape index (κ2) is 10.1. The third-order valence-electron chi connectivity index (χ3n) is 4.93. The molecule has 10 nitrogen and oxygen atoms in total. The van der Waals surface area contributed by atoms with Crippen LogP contribution >= 0.6 is 11.8 Å². The van der Waals surface area contributed by atoms with Gasteiger partial charge in [0, 0.05) is 30.3 Å². The van der Waals surface area contributed by atoms with Crippen LogP contribution in [0.5, 0.6) is 0 Å². The minimum atomic E-state index is -4.41. The Balaban J connectivity index is 2.02. The minimum absolute atomic E-state index is 0.0122. The number of rotatable bonds is 7. The van der Waals surface area contributed by atoms with E-state index in [-0.39, 0.29) is 22.4 Å². The summed E-state index contributed by atoms with van der Waals surface area (Å²) in [7, 11) is -2.18. The van der Waals surface area contributed by atoms with Gasteiger partial charge in [-0.2, -0.15) is 11.8 Å². The van der Waals surface area contributed by atoms with Gasteiger partial charge >= 0.3 is 17.9 Å². The summed E-state index contributed by atoms with van der Waals surface area (Å²) in [4.78, 5) is 37.3. The first-order chi connectivity index (χ1) is 15.7. The molecule has 2 N–H and O–H groups in total. The molecule has 2 aromatic carbocycles. The van der Waals surface area contributed by atoms with E-state index in [1.807, 2.05) is 4.90 Å². The van der Waals surface area contributed by atoms with E-state index in [0.717, 1.165) is 37.9 Å². The van der Waals surface area contributed by atoms with E-state index in [9.17, 15) is 27.9 Å². The zero-order valence-corrected chi connectivity index (χ0v) is 19.5. The number of sulfonamides is 1. The van der Waals surface area contributed by atoms with Gasteiger partial charge in [0.1, 0.15) is 4.90 Å². The van der Waals surface area contributed by atoms with Gasteiger partial charge in [0.05, 0.1) is 36.6 Å². The van der Waals surface area contributed by atoms with Gasteiger partial charge in [0.2, 0.25) is 0 Å². The number of carbonyl (C=O) groups excluding carboxylic acids is 2.